The molecule has 5 rings (SSSR count). The molecular weight excluding hydrogens is 394 g/mol. The van der Waals surface area contributed by atoms with E-state index in [0.29, 0.717) is 6.04 Å². The smallest absolute Gasteiger partial charge is 0.154 e. The molecule has 1 aromatic carbocycles. The van der Waals surface area contributed by atoms with E-state index in [-0.39, 0.29) is 6.10 Å². The number of pyridine rings is 1. The third kappa shape index (κ3) is 4.17. The van der Waals surface area contributed by atoms with E-state index >= 15 is 0 Å². The summed E-state index contributed by atoms with van der Waals surface area (Å²) in [6.45, 7) is 0. The summed E-state index contributed by atoms with van der Waals surface area (Å²) in [5, 5.41) is 19.0. The van der Waals surface area contributed by atoms with Crippen molar-refractivity contribution in [2.45, 2.75) is 47.8 Å². The lowest BCUT2D eigenvalue weighted by atomic mass is 9.93. The Morgan fingerprint density at radius 2 is 1.80 bits per heavy atom. The van der Waals surface area contributed by atoms with E-state index < -0.39 is 0 Å². The van der Waals surface area contributed by atoms with Crippen LogP contribution in [-0.4, -0.2) is 36.8 Å². The van der Waals surface area contributed by atoms with E-state index in [0.717, 1.165) is 58.3 Å². The molecule has 0 aliphatic heterocycles. The summed E-state index contributed by atoms with van der Waals surface area (Å²) in [5.41, 5.74) is 2.77. The molecule has 1 aliphatic carbocycles. The van der Waals surface area contributed by atoms with Crippen LogP contribution >= 0.6 is 11.8 Å². The van der Waals surface area contributed by atoms with Crippen molar-refractivity contribution in [3.05, 3.63) is 67.0 Å². The number of imidazole rings is 1. The Labute approximate surface area is 179 Å². The first-order valence-electron chi connectivity index (χ1n) is 10.2. The average Bonchev–Trinajstić information content (AvgIpc) is 3.20. The van der Waals surface area contributed by atoms with Gasteiger partial charge in [-0.1, -0.05) is 30.0 Å². The Morgan fingerprint density at radius 1 is 0.967 bits per heavy atom. The Bertz CT molecular complexity index is 1140. The lowest BCUT2D eigenvalue weighted by molar-refractivity contribution is 0.126. The van der Waals surface area contributed by atoms with Crippen LogP contribution in [0.5, 0.6) is 0 Å². The molecule has 0 saturated heterocycles. The summed E-state index contributed by atoms with van der Waals surface area (Å²) in [7, 11) is 0. The van der Waals surface area contributed by atoms with Gasteiger partial charge in [0.05, 0.1) is 18.0 Å². The van der Waals surface area contributed by atoms with Crippen molar-refractivity contribution >= 4 is 23.2 Å². The van der Waals surface area contributed by atoms with Gasteiger partial charge in [0, 0.05) is 22.7 Å². The Hall–Kier alpha value is -2.90. The molecule has 30 heavy (non-hydrogen) atoms. The van der Waals surface area contributed by atoms with Crippen LogP contribution in [0.3, 0.4) is 0 Å². The number of aliphatic hydroxyl groups is 1. The Balaban J connectivity index is 1.41. The van der Waals surface area contributed by atoms with Crippen LogP contribution in [0, 0.1) is 0 Å². The fraction of sp³-hybridized carbons (Fsp3) is 0.261. The predicted molar refractivity (Wildman–Crippen MR) is 119 cm³/mol. The lowest BCUT2D eigenvalue weighted by Crippen LogP contribution is -2.28. The van der Waals surface area contributed by atoms with Gasteiger partial charge < -0.3 is 10.4 Å². The van der Waals surface area contributed by atoms with Crippen LogP contribution in [0.2, 0.25) is 0 Å². The molecule has 0 amide bonds. The number of anilines is 1. The molecule has 0 bridgehead atoms. The van der Waals surface area contributed by atoms with Crippen LogP contribution < -0.4 is 5.32 Å². The molecule has 1 aliphatic rings. The van der Waals surface area contributed by atoms with E-state index in [4.69, 9.17) is 5.10 Å². The van der Waals surface area contributed by atoms with Crippen molar-refractivity contribution in [3.8, 4) is 11.3 Å². The van der Waals surface area contributed by atoms with Crippen LogP contribution in [0.25, 0.3) is 16.9 Å². The Morgan fingerprint density at radius 3 is 2.63 bits per heavy atom. The number of fused-ring (bicyclic) bond motifs is 1. The second-order valence-corrected chi connectivity index (χ2v) is 8.67. The maximum Gasteiger partial charge on any atom is 0.154 e. The van der Waals surface area contributed by atoms with Crippen molar-refractivity contribution in [2.75, 3.05) is 5.32 Å². The Kier molecular flexibility index (Phi) is 5.38. The highest BCUT2D eigenvalue weighted by Crippen LogP contribution is 2.29. The molecular formula is C23H23N5OS. The first kappa shape index (κ1) is 19.1. The standard InChI is InChI=1S/C23H23N5OS/c29-18-8-6-17(7-9-18)26-21-10-11-22-25-15-20(28(22)27-21)16-12-13-24-23(14-16)30-19-4-2-1-3-5-19/h1-5,10-15,17-18,29H,6-9H2,(H,26,27)/t17-,18-. The SMILES string of the molecule is O[C@H]1CC[C@H](Nc2ccc3ncc(-c4ccnc(Sc5ccccc5)c4)n3n2)CC1. The number of hydrogen-bond acceptors (Lipinski definition) is 6. The second-order valence-electron chi connectivity index (χ2n) is 7.58. The van der Waals surface area contributed by atoms with Crippen LogP contribution in [0.15, 0.2) is 76.9 Å². The van der Waals surface area contributed by atoms with Crippen molar-refractivity contribution in [2.24, 2.45) is 0 Å². The zero-order chi connectivity index (χ0) is 20.3. The van der Waals surface area contributed by atoms with Crippen molar-refractivity contribution in [1.29, 1.82) is 0 Å². The van der Waals surface area contributed by atoms with Crippen LogP contribution in [0.4, 0.5) is 5.82 Å². The summed E-state index contributed by atoms with van der Waals surface area (Å²) >= 11 is 1.64. The molecule has 1 fully saturated rings. The normalized spacial score (nSPS) is 19.1. The van der Waals surface area contributed by atoms with Crippen molar-refractivity contribution in [1.82, 2.24) is 19.6 Å². The summed E-state index contributed by atoms with van der Waals surface area (Å²) in [4.78, 5) is 10.2. The number of aliphatic hydroxyl groups excluding tert-OH is 1. The van der Waals surface area contributed by atoms with Gasteiger partial charge in [0.1, 0.15) is 10.8 Å². The van der Waals surface area contributed by atoms with Gasteiger partial charge in [-0.05, 0) is 62.1 Å². The fourth-order valence-electron chi connectivity index (χ4n) is 3.81. The first-order chi connectivity index (χ1) is 14.7. The van der Waals surface area contributed by atoms with Gasteiger partial charge in [0.2, 0.25) is 0 Å². The number of aromatic nitrogens is 4. The number of rotatable bonds is 5. The zero-order valence-corrected chi connectivity index (χ0v) is 17.3. The average molecular weight is 418 g/mol. The molecule has 3 aromatic heterocycles. The van der Waals surface area contributed by atoms with Gasteiger partial charge in [-0.3, -0.25) is 0 Å². The maximum atomic E-state index is 9.72. The summed E-state index contributed by atoms with van der Waals surface area (Å²) in [6, 6.07) is 18.6. The van der Waals surface area contributed by atoms with Crippen LogP contribution in [0.1, 0.15) is 25.7 Å². The molecule has 4 aromatic rings. The second kappa shape index (κ2) is 8.45. The number of nitrogens with zero attached hydrogens (tertiary/aromatic N) is 4. The molecule has 0 atom stereocenters. The summed E-state index contributed by atoms with van der Waals surface area (Å²) in [6.07, 6.45) is 7.13. The molecule has 6 nitrogen and oxygen atoms in total. The third-order valence-corrected chi connectivity index (χ3v) is 6.35. The first-order valence-corrected chi connectivity index (χ1v) is 11.0. The number of benzene rings is 1. The minimum Gasteiger partial charge on any atom is -0.393 e. The molecule has 152 valence electrons. The minimum atomic E-state index is -0.159. The largest absolute Gasteiger partial charge is 0.393 e. The monoisotopic (exact) mass is 417 g/mol. The van der Waals surface area contributed by atoms with Crippen molar-refractivity contribution < 1.29 is 5.11 Å². The van der Waals surface area contributed by atoms with Gasteiger partial charge in [0.25, 0.3) is 0 Å². The summed E-state index contributed by atoms with van der Waals surface area (Å²) < 4.78 is 1.88. The van der Waals surface area contributed by atoms with Gasteiger partial charge in [-0.2, -0.15) is 0 Å². The molecule has 7 heteroatoms. The van der Waals surface area contributed by atoms with Crippen LogP contribution in [-0.2, 0) is 0 Å². The highest BCUT2D eigenvalue weighted by Gasteiger charge is 2.19. The van der Waals surface area contributed by atoms with E-state index in [1.807, 2.05) is 53.3 Å². The number of hydrogen-bond donors (Lipinski definition) is 2. The fourth-order valence-corrected chi connectivity index (χ4v) is 4.64. The van der Waals surface area contributed by atoms with E-state index in [2.05, 4.69) is 33.5 Å². The zero-order valence-electron chi connectivity index (χ0n) is 16.5. The topological polar surface area (TPSA) is 75.3 Å². The lowest BCUT2D eigenvalue weighted by Gasteiger charge is -2.26. The maximum absolute atomic E-state index is 9.72. The molecule has 1 saturated carbocycles. The van der Waals surface area contributed by atoms with E-state index in [9.17, 15) is 5.11 Å². The van der Waals surface area contributed by atoms with Gasteiger partial charge >= 0.3 is 0 Å². The molecule has 0 unspecified atom stereocenters. The highest BCUT2D eigenvalue weighted by atomic mass is 32.2. The highest BCUT2D eigenvalue weighted by molar-refractivity contribution is 7.99. The summed E-state index contributed by atoms with van der Waals surface area (Å²) in [5.74, 6) is 0.830. The van der Waals surface area contributed by atoms with Gasteiger partial charge in [-0.25, -0.2) is 14.5 Å². The van der Waals surface area contributed by atoms with Crippen molar-refractivity contribution in [3.63, 3.8) is 0 Å². The molecule has 2 N–H and O–H groups in total. The van der Waals surface area contributed by atoms with E-state index in [1.54, 1.807) is 11.8 Å². The number of nitrogens with one attached hydrogen (secondary N) is 1. The quantitative estimate of drug-likeness (QED) is 0.492. The predicted octanol–water partition coefficient (Wildman–Crippen LogP) is 4.66. The van der Waals surface area contributed by atoms with Gasteiger partial charge in [-0.15, -0.1) is 5.10 Å². The van der Waals surface area contributed by atoms with E-state index in [1.165, 1.54) is 0 Å². The third-order valence-electron chi connectivity index (χ3n) is 5.41. The molecule has 0 spiro atoms. The molecule has 3 heterocycles. The molecule has 0 radical (unpaired) electrons. The van der Waals surface area contributed by atoms with Gasteiger partial charge in [0.15, 0.2) is 5.65 Å². The minimum absolute atomic E-state index is 0.159.